The van der Waals surface area contributed by atoms with Crippen molar-refractivity contribution in [2.75, 3.05) is 27.9 Å². The number of hydrazine groups is 2. The van der Waals surface area contributed by atoms with Gasteiger partial charge in [0.05, 0.1) is 39.1 Å². The van der Waals surface area contributed by atoms with Gasteiger partial charge in [0.25, 0.3) is 0 Å². The summed E-state index contributed by atoms with van der Waals surface area (Å²) in [6.45, 7) is 4.15. The molecule has 0 aliphatic carbocycles. The number of amides is 3. The Labute approximate surface area is 188 Å². The molecule has 2 atom stereocenters. The number of hydrogen-bond donors (Lipinski definition) is 4. The molecule has 0 spiro atoms. The first-order chi connectivity index (χ1) is 15.4. The fourth-order valence-corrected chi connectivity index (χ4v) is 4.22. The second-order valence-electron chi connectivity index (χ2n) is 6.85. The lowest BCUT2D eigenvalue weighted by Gasteiger charge is -2.47. The summed E-state index contributed by atoms with van der Waals surface area (Å²) in [7, 11) is 3.07. The number of allylic oxidation sites excluding steroid dienone is 2. The topological polar surface area (TPSA) is 205 Å². The molecule has 15 heteroatoms. The molecular weight excluding hydrogens is 444 g/mol. The highest BCUT2D eigenvalue weighted by atomic mass is 16.6. The van der Waals surface area contributed by atoms with E-state index in [9.17, 15) is 24.0 Å². The van der Waals surface area contributed by atoms with Crippen LogP contribution in [0.1, 0.15) is 20.8 Å². The highest BCUT2D eigenvalue weighted by molar-refractivity contribution is 6.10. The number of nitrogens with one attached hydrogen (secondary N) is 2. The molecule has 0 aromatic rings. The van der Waals surface area contributed by atoms with Crippen LogP contribution in [0.3, 0.4) is 0 Å². The van der Waals surface area contributed by atoms with Crippen LogP contribution in [0.25, 0.3) is 0 Å². The van der Waals surface area contributed by atoms with Crippen molar-refractivity contribution in [2.24, 2.45) is 16.9 Å². The second-order valence-corrected chi connectivity index (χ2v) is 6.85. The molecule has 2 unspecified atom stereocenters. The Hall–Kier alpha value is -4.01. The molecule has 2 rings (SSSR count). The van der Waals surface area contributed by atoms with Crippen molar-refractivity contribution in [3.63, 3.8) is 0 Å². The average Bonchev–Trinajstić information content (AvgIpc) is 3.07. The summed E-state index contributed by atoms with van der Waals surface area (Å²) in [6.07, 6.45) is -1.02. The maximum atomic E-state index is 13.4. The fourth-order valence-electron chi connectivity index (χ4n) is 4.22. The van der Waals surface area contributed by atoms with Gasteiger partial charge in [-0.25, -0.2) is 40.0 Å². The maximum absolute atomic E-state index is 13.4. The average molecular weight is 470 g/mol. The molecule has 0 fully saturated rings. The van der Waals surface area contributed by atoms with E-state index in [0.29, 0.717) is 0 Å². The van der Waals surface area contributed by atoms with Crippen LogP contribution in [-0.4, -0.2) is 73.8 Å². The number of fused-ring (bicyclic) bond motifs is 1. The van der Waals surface area contributed by atoms with Gasteiger partial charge in [0.1, 0.15) is 0 Å². The first kappa shape index (κ1) is 25.3. The third-order valence-electron chi connectivity index (χ3n) is 5.35. The lowest BCUT2D eigenvalue weighted by Crippen LogP contribution is -2.76. The monoisotopic (exact) mass is 470 g/mol. The first-order valence-electron chi connectivity index (χ1n) is 9.48. The Morgan fingerprint density at radius 1 is 0.879 bits per heavy atom. The molecule has 3 amide bonds. The number of ether oxygens (including phenoxy) is 4. The standard InChI is InChI=1S/C18H26N6O9/c1-7-33-16(29)22-24-9(3)11(13(26)31-5)17(14(27)32-6)10(12(25)30-4)8(2)23(18(17,24)20)21-15(19)28/h7,20H2,1-6H3,(H,22,29)(H3,19,21,28). The van der Waals surface area contributed by atoms with Crippen molar-refractivity contribution >= 4 is 30.0 Å². The van der Waals surface area contributed by atoms with Gasteiger partial charge < -0.3 is 24.7 Å². The summed E-state index contributed by atoms with van der Waals surface area (Å²) in [5, 5.41) is 1.73. The number of esters is 3. The third kappa shape index (κ3) is 3.27. The van der Waals surface area contributed by atoms with E-state index in [1.54, 1.807) is 6.92 Å². The predicted octanol–water partition coefficient (Wildman–Crippen LogP) is -1.47. The van der Waals surface area contributed by atoms with E-state index in [-0.39, 0.29) is 18.0 Å². The summed E-state index contributed by atoms with van der Waals surface area (Å²) in [5.74, 6) is -5.75. The van der Waals surface area contributed by atoms with Crippen molar-refractivity contribution < 1.29 is 42.9 Å². The van der Waals surface area contributed by atoms with Gasteiger partial charge >= 0.3 is 30.0 Å². The minimum atomic E-state index is -2.47. The van der Waals surface area contributed by atoms with Crippen molar-refractivity contribution in [1.29, 1.82) is 0 Å². The number of rotatable bonds is 6. The van der Waals surface area contributed by atoms with E-state index >= 15 is 0 Å². The number of nitrogens with zero attached hydrogens (tertiary/aromatic N) is 2. The van der Waals surface area contributed by atoms with Gasteiger partial charge in [0.2, 0.25) is 5.79 Å². The molecule has 0 saturated heterocycles. The molecular formula is C18H26N6O9. The molecule has 15 nitrogen and oxygen atoms in total. The number of carbonyl (C=O) groups is 5. The van der Waals surface area contributed by atoms with E-state index in [2.05, 4.69) is 10.9 Å². The Morgan fingerprint density at radius 3 is 1.70 bits per heavy atom. The summed E-state index contributed by atoms with van der Waals surface area (Å²) in [4.78, 5) is 63.5. The number of hydrogen-bond acceptors (Lipinski definition) is 12. The summed E-state index contributed by atoms with van der Waals surface area (Å²) in [5.41, 5.74) is 12.9. The second kappa shape index (κ2) is 8.85. The van der Waals surface area contributed by atoms with Crippen LogP contribution < -0.4 is 22.3 Å². The molecule has 0 aromatic carbocycles. The van der Waals surface area contributed by atoms with Crippen LogP contribution in [-0.2, 0) is 33.3 Å². The predicted molar refractivity (Wildman–Crippen MR) is 107 cm³/mol. The normalized spacial score (nSPS) is 23.7. The SMILES string of the molecule is CCOC(=O)NN1C(C)=C(C(=O)OC)C2(C(=O)OC)C(C(=O)OC)=C(C)N(NC(N)=O)C12N. The Morgan fingerprint density at radius 2 is 1.33 bits per heavy atom. The third-order valence-corrected chi connectivity index (χ3v) is 5.35. The number of urea groups is 1. The van der Waals surface area contributed by atoms with Crippen molar-refractivity contribution in [3.8, 4) is 0 Å². The zero-order chi connectivity index (χ0) is 25.3. The molecule has 2 heterocycles. The Balaban J connectivity index is 3.04. The van der Waals surface area contributed by atoms with Crippen LogP contribution in [0.4, 0.5) is 9.59 Å². The van der Waals surface area contributed by atoms with Crippen LogP contribution >= 0.6 is 0 Å². The van der Waals surface area contributed by atoms with Gasteiger partial charge in [-0.05, 0) is 20.8 Å². The van der Waals surface area contributed by atoms with Gasteiger partial charge in [0, 0.05) is 11.4 Å². The van der Waals surface area contributed by atoms with Gasteiger partial charge in [-0.2, -0.15) is 0 Å². The number of methoxy groups -OCH3 is 3. The van der Waals surface area contributed by atoms with Crippen molar-refractivity contribution in [2.45, 2.75) is 26.6 Å². The van der Waals surface area contributed by atoms with Crippen molar-refractivity contribution in [1.82, 2.24) is 20.9 Å². The van der Waals surface area contributed by atoms with Crippen LogP contribution in [0.15, 0.2) is 22.5 Å². The van der Waals surface area contributed by atoms with Gasteiger partial charge in [0.15, 0.2) is 5.41 Å². The quantitative estimate of drug-likeness (QED) is 0.259. The highest BCUT2D eigenvalue weighted by Gasteiger charge is 2.78. The molecule has 2 aliphatic heterocycles. The zero-order valence-corrected chi connectivity index (χ0v) is 18.9. The molecule has 6 N–H and O–H groups in total. The smallest absolute Gasteiger partial charge is 0.426 e. The van der Waals surface area contributed by atoms with Crippen LogP contribution in [0.2, 0.25) is 0 Å². The zero-order valence-electron chi connectivity index (χ0n) is 18.9. The van der Waals surface area contributed by atoms with Crippen LogP contribution in [0.5, 0.6) is 0 Å². The maximum Gasteiger partial charge on any atom is 0.426 e. The molecule has 0 radical (unpaired) electrons. The highest BCUT2D eigenvalue weighted by Crippen LogP contribution is 2.60. The minimum absolute atomic E-state index is 0.0278. The number of primary amides is 1. The van der Waals surface area contributed by atoms with E-state index in [4.69, 9.17) is 30.4 Å². The molecule has 0 bridgehead atoms. The van der Waals surface area contributed by atoms with E-state index in [1.807, 2.05) is 0 Å². The lowest BCUT2D eigenvalue weighted by molar-refractivity contribution is -0.168. The molecule has 2 aliphatic rings. The molecule has 33 heavy (non-hydrogen) atoms. The fraction of sp³-hybridized carbons (Fsp3) is 0.500. The largest absolute Gasteiger partial charge is 0.468 e. The van der Waals surface area contributed by atoms with Gasteiger partial charge in [-0.15, -0.1) is 0 Å². The number of carbonyl (C=O) groups excluding carboxylic acids is 5. The molecule has 0 aromatic heterocycles. The van der Waals surface area contributed by atoms with Crippen molar-refractivity contribution in [3.05, 3.63) is 22.5 Å². The number of nitrogens with two attached hydrogens (primary N) is 2. The van der Waals surface area contributed by atoms with Gasteiger partial charge in [-0.3, -0.25) is 10.5 Å². The summed E-state index contributed by atoms with van der Waals surface area (Å²) >= 11 is 0. The molecule has 182 valence electrons. The first-order valence-corrected chi connectivity index (χ1v) is 9.48. The summed E-state index contributed by atoms with van der Waals surface area (Å²) in [6, 6.07) is -1.13. The minimum Gasteiger partial charge on any atom is -0.468 e. The van der Waals surface area contributed by atoms with E-state index in [1.165, 1.54) is 13.8 Å². The molecule has 0 saturated carbocycles. The lowest BCUT2D eigenvalue weighted by atomic mass is 9.71. The Kier molecular flexibility index (Phi) is 6.77. The van der Waals surface area contributed by atoms with Gasteiger partial charge in [-0.1, -0.05) is 0 Å². The van der Waals surface area contributed by atoms with E-state index < -0.39 is 52.4 Å². The Bertz CT molecular complexity index is 976. The van der Waals surface area contributed by atoms with Crippen LogP contribution in [0, 0.1) is 5.41 Å². The summed E-state index contributed by atoms with van der Waals surface area (Å²) < 4.78 is 19.6. The van der Waals surface area contributed by atoms with E-state index in [0.717, 1.165) is 31.3 Å².